The molecule has 2 N–H and O–H groups in total. The molecule has 1 saturated heterocycles. The number of benzene rings is 2. The van der Waals surface area contributed by atoms with Gasteiger partial charge in [0.2, 0.25) is 0 Å². The monoisotopic (exact) mass is 650 g/mol. The van der Waals surface area contributed by atoms with Crippen LogP contribution in [0.15, 0.2) is 29.1 Å². The van der Waals surface area contributed by atoms with Crippen molar-refractivity contribution in [2.24, 2.45) is 7.05 Å². The van der Waals surface area contributed by atoms with Crippen LogP contribution in [-0.2, 0) is 29.4 Å². The quantitative estimate of drug-likeness (QED) is 0.370. The first kappa shape index (κ1) is 32.9. The first-order valence-corrected chi connectivity index (χ1v) is 14.4. The van der Waals surface area contributed by atoms with E-state index in [-0.39, 0.29) is 30.8 Å². The Morgan fingerprint density at radius 1 is 1.15 bits per heavy atom. The summed E-state index contributed by atoms with van der Waals surface area (Å²) < 4.78 is 83.1. The SMILES string of the molecule is Cc1nc(-c2ccc(CC(NC(=O)c3c(F)cc(N4CCOCC4C(F)(F)F)cc3F)C(=O)O)c3c2OCCC3)c(=O)n(C)c1C. The van der Waals surface area contributed by atoms with E-state index in [1.807, 2.05) is 0 Å². The third-order valence-electron chi connectivity index (χ3n) is 8.36. The molecule has 0 aliphatic carbocycles. The van der Waals surface area contributed by atoms with Crippen LogP contribution in [0.25, 0.3) is 11.3 Å². The van der Waals surface area contributed by atoms with Crippen molar-refractivity contribution in [3.05, 3.63) is 74.3 Å². The second-order valence-corrected chi connectivity index (χ2v) is 11.2. The molecule has 0 bridgehead atoms. The number of anilines is 1. The number of carbonyl (C=O) groups is 2. The molecule has 2 aromatic carbocycles. The Balaban J connectivity index is 1.43. The van der Waals surface area contributed by atoms with Crippen LogP contribution in [-0.4, -0.2) is 71.2 Å². The number of morpholine rings is 1. The minimum absolute atomic E-state index is 0.105. The number of aliphatic carboxylic acids is 1. The maximum absolute atomic E-state index is 15.1. The molecule has 1 amide bonds. The first-order valence-electron chi connectivity index (χ1n) is 14.4. The lowest BCUT2D eigenvalue weighted by atomic mass is 9.91. The van der Waals surface area contributed by atoms with Crippen LogP contribution in [0, 0.1) is 25.5 Å². The number of carboxylic acid groups (broad SMARTS) is 1. The molecular weight excluding hydrogens is 619 g/mol. The van der Waals surface area contributed by atoms with Gasteiger partial charge in [-0.05, 0) is 56.0 Å². The van der Waals surface area contributed by atoms with E-state index in [1.54, 1.807) is 33.0 Å². The van der Waals surface area contributed by atoms with Gasteiger partial charge in [0.05, 0.1) is 25.5 Å². The predicted molar refractivity (Wildman–Crippen MR) is 155 cm³/mol. The molecule has 1 aromatic heterocycles. The minimum Gasteiger partial charge on any atom is -0.493 e. The maximum Gasteiger partial charge on any atom is 0.411 e. The zero-order valence-electron chi connectivity index (χ0n) is 25.1. The number of hydrogen-bond donors (Lipinski definition) is 2. The first-order chi connectivity index (χ1) is 21.7. The van der Waals surface area contributed by atoms with Crippen LogP contribution >= 0.6 is 0 Å². The number of aromatic nitrogens is 2. The van der Waals surface area contributed by atoms with Gasteiger partial charge in [0.1, 0.15) is 40.7 Å². The number of carbonyl (C=O) groups excluding carboxylic acids is 1. The van der Waals surface area contributed by atoms with Gasteiger partial charge >= 0.3 is 12.1 Å². The molecule has 15 heteroatoms. The fourth-order valence-electron chi connectivity index (χ4n) is 5.71. The highest BCUT2D eigenvalue weighted by atomic mass is 19.4. The molecule has 46 heavy (non-hydrogen) atoms. The highest BCUT2D eigenvalue weighted by Crippen LogP contribution is 2.38. The summed E-state index contributed by atoms with van der Waals surface area (Å²) in [5.41, 5.74) is 1.07. The Kier molecular flexibility index (Phi) is 9.07. The van der Waals surface area contributed by atoms with E-state index in [2.05, 4.69) is 10.3 Å². The summed E-state index contributed by atoms with van der Waals surface area (Å²) in [5, 5.41) is 12.1. The summed E-state index contributed by atoms with van der Waals surface area (Å²) in [6, 6.07) is 0.591. The molecule has 3 aromatic rings. The largest absolute Gasteiger partial charge is 0.493 e. The third-order valence-corrected chi connectivity index (χ3v) is 8.36. The number of alkyl halides is 3. The van der Waals surface area contributed by atoms with Gasteiger partial charge in [-0.3, -0.25) is 9.59 Å². The molecule has 2 atom stereocenters. The zero-order valence-corrected chi connectivity index (χ0v) is 25.1. The number of halogens is 5. The number of amides is 1. The lowest BCUT2D eigenvalue weighted by Crippen LogP contribution is -2.53. The highest BCUT2D eigenvalue weighted by Gasteiger charge is 2.46. The molecule has 10 nitrogen and oxygen atoms in total. The van der Waals surface area contributed by atoms with Crippen LogP contribution < -0.4 is 20.5 Å². The van der Waals surface area contributed by atoms with Crippen LogP contribution in [0.3, 0.4) is 0 Å². The van der Waals surface area contributed by atoms with Crippen molar-refractivity contribution in [1.29, 1.82) is 0 Å². The smallest absolute Gasteiger partial charge is 0.411 e. The topological polar surface area (TPSA) is 123 Å². The molecular formula is C31H31F5N4O6. The molecule has 2 aliphatic rings. The molecule has 0 saturated carbocycles. The Bertz CT molecular complexity index is 1740. The van der Waals surface area contributed by atoms with E-state index >= 15 is 8.78 Å². The van der Waals surface area contributed by atoms with Gasteiger partial charge in [0.25, 0.3) is 11.5 Å². The van der Waals surface area contributed by atoms with Crippen LogP contribution in [0.1, 0.15) is 39.3 Å². The molecule has 5 rings (SSSR count). The molecule has 2 aliphatic heterocycles. The molecule has 0 radical (unpaired) electrons. The summed E-state index contributed by atoms with van der Waals surface area (Å²) in [5.74, 6) is -5.44. The average Bonchev–Trinajstić information content (AvgIpc) is 3.01. The van der Waals surface area contributed by atoms with Gasteiger partial charge in [0.15, 0.2) is 0 Å². The van der Waals surface area contributed by atoms with Gasteiger partial charge < -0.3 is 29.4 Å². The van der Waals surface area contributed by atoms with Gasteiger partial charge in [-0.25, -0.2) is 18.6 Å². The molecule has 0 spiro atoms. The summed E-state index contributed by atoms with van der Waals surface area (Å²) >= 11 is 0. The van der Waals surface area contributed by atoms with Crippen molar-refractivity contribution in [2.75, 3.05) is 31.3 Å². The van der Waals surface area contributed by atoms with Gasteiger partial charge in [0, 0.05) is 37.0 Å². The predicted octanol–water partition coefficient (Wildman–Crippen LogP) is 3.86. The zero-order chi connectivity index (χ0) is 33.5. The van der Waals surface area contributed by atoms with Crippen molar-refractivity contribution < 1.29 is 46.1 Å². The summed E-state index contributed by atoms with van der Waals surface area (Å²) in [7, 11) is 1.62. The van der Waals surface area contributed by atoms with Crippen LogP contribution in [0.4, 0.5) is 27.6 Å². The number of fused-ring (bicyclic) bond motifs is 1. The van der Waals surface area contributed by atoms with Gasteiger partial charge in [-0.15, -0.1) is 0 Å². The maximum atomic E-state index is 15.1. The summed E-state index contributed by atoms with van der Waals surface area (Å²) in [6.45, 7) is 2.74. The van der Waals surface area contributed by atoms with Gasteiger partial charge in [-0.1, -0.05) is 6.07 Å². The number of aryl methyl sites for hydroxylation is 1. The number of rotatable bonds is 7. The van der Waals surface area contributed by atoms with E-state index in [0.717, 1.165) is 4.90 Å². The lowest BCUT2D eigenvalue weighted by Gasteiger charge is -2.38. The Hall–Kier alpha value is -4.53. The number of ether oxygens (including phenoxy) is 2. The number of nitrogens with one attached hydrogen (secondary N) is 1. The van der Waals surface area contributed by atoms with Crippen molar-refractivity contribution in [3.63, 3.8) is 0 Å². The second-order valence-electron chi connectivity index (χ2n) is 11.2. The molecule has 1 fully saturated rings. The Morgan fingerprint density at radius 3 is 2.50 bits per heavy atom. The van der Waals surface area contributed by atoms with Crippen molar-refractivity contribution in [2.45, 2.75) is 51.4 Å². The van der Waals surface area contributed by atoms with E-state index in [4.69, 9.17) is 9.47 Å². The fourth-order valence-corrected chi connectivity index (χ4v) is 5.71. The van der Waals surface area contributed by atoms with Crippen molar-refractivity contribution in [1.82, 2.24) is 14.9 Å². The van der Waals surface area contributed by atoms with Crippen LogP contribution in [0.2, 0.25) is 0 Å². The average molecular weight is 651 g/mol. The highest BCUT2D eigenvalue weighted by molar-refractivity contribution is 5.97. The Labute approximate surface area is 259 Å². The van der Waals surface area contributed by atoms with Gasteiger partial charge in [-0.2, -0.15) is 13.2 Å². The molecule has 3 heterocycles. The summed E-state index contributed by atoms with van der Waals surface area (Å²) in [6.07, 6.45) is -3.98. The third kappa shape index (κ3) is 6.28. The standard InChI is InChI=1S/C31H31F5N4O6/c1-15-16(2)39(3)29(42)26(37-15)20-7-6-17(19-5-4-9-46-27(19)20)11-23(30(43)44)38-28(41)25-21(32)12-18(13-22(25)33)40-8-10-45-14-24(40)31(34,35)36/h6-7,12-13,23-24H,4-5,8-11,14H2,1-3H3,(H,38,41)(H,43,44). The molecule has 246 valence electrons. The normalized spacial score (nSPS) is 17.2. The van der Waals surface area contributed by atoms with E-state index < -0.39 is 59.6 Å². The van der Waals surface area contributed by atoms with E-state index in [9.17, 15) is 32.7 Å². The van der Waals surface area contributed by atoms with E-state index in [0.29, 0.717) is 65.4 Å². The minimum atomic E-state index is -4.74. The van der Waals surface area contributed by atoms with Crippen LogP contribution in [0.5, 0.6) is 5.75 Å². The Morgan fingerprint density at radius 2 is 1.85 bits per heavy atom. The van der Waals surface area contributed by atoms with Crippen molar-refractivity contribution >= 4 is 17.6 Å². The number of hydrogen-bond acceptors (Lipinski definition) is 7. The second kappa shape index (κ2) is 12.7. The van der Waals surface area contributed by atoms with Crippen molar-refractivity contribution in [3.8, 4) is 17.0 Å². The number of carboxylic acids is 1. The fraction of sp³-hybridized carbons (Fsp3) is 0.419. The van der Waals surface area contributed by atoms with E-state index in [1.165, 1.54) is 4.57 Å². The lowest BCUT2D eigenvalue weighted by molar-refractivity contribution is -0.167. The summed E-state index contributed by atoms with van der Waals surface area (Å²) in [4.78, 5) is 43.5. The number of nitrogens with zero attached hydrogens (tertiary/aromatic N) is 3. The molecule has 2 unspecified atom stereocenters.